The number of nitrogens with zero attached hydrogens (tertiary/aromatic N) is 6. The number of aromatic nitrogens is 6. The number of aryl methyl sites for hydroxylation is 1. The molecule has 11 heteroatoms. The molecule has 2 heterocycles. The van der Waals surface area contributed by atoms with Crippen LogP contribution >= 0.6 is 23.4 Å². The summed E-state index contributed by atoms with van der Waals surface area (Å²) in [6.07, 6.45) is 6.50. The Morgan fingerprint density at radius 2 is 2.08 bits per heavy atom. The largest absolute Gasteiger partial charge is 0.460 e. The average Bonchev–Trinajstić information content (AvgIpc) is 3.02. The van der Waals surface area contributed by atoms with Crippen LogP contribution in [0.4, 0.5) is 0 Å². The van der Waals surface area contributed by atoms with Crippen LogP contribution in [-0.2, 0) is 11.8 Å². The molecule has 134 valence electrons. The Kier molecular flexibility index (Phi) is 6.03. The molecule has 1 aliphatic rings. The van der Waals surface area contributed by atoms with E-state index in [9.17, 15) is 4.79 Å². The standard InChI is InChI=1S/C14H18ClN7O2S/c1-22-14(19-20-21-22)25-8-12(23)18-10-2-4-11(5-3-10)24-13-16-6-9(15)7-17-13/h6-7,10-11H,2-5,8H2,1H3,(H,18,23). The first-order chi connectivity index (χ1) is 12.1. The van der Waals surface area contributed by atoms with Crippen LogP contribution in [0, 0.1) is 0 Å². The lowest BCUT2D eigenvalue weighted by atomic mass is 9.93. The zero-order valence-corrected chi connectivity index (χ0v) is 15.2. The van der Waals surface area contributed by atoms with E-state index >= 15 is 0 Å². The topological polar surface area (TPSA) is 108 Å². The van der Waals surface area contributed by atoms with Crippen LogP contribution in [0.25, 0.3) is 0 Å². The normalized spacial score (nSPS) is 20.2. The van der Waals surface area contributed by atoms with Crippen LogP contribution in [0.5, 0.6) is 6.01 Å². The quantitative estimate of drug-likeness (QED) is 0.742. The molecule has 0 spiro atoms. The number of thioether (sulfide) groups is 1. The highest BCUT2D eigenvalue weighted by Gasteiger charge is 2.24. The number of tetrazole rings is 1. The maximum atomic E-state index is 12.0. The summed E-state index contributed by atoms with van der Waals surface area (Å²) < 4.78 is 7.29. The SMILES string of the molecule is Cn1nnnc1SCC(=O)NC1CCC(Oc2ncc(Cl)cn2)CC1. The number of nitrogens with one attached hydrogen (secondary N) is 1. The van der Waals surface area contributed by atoms with Crippen molar-refractivity contribution in [2.45, 2.75) is 43.0 Å². The van der Waals surface area contributed by atoms with E-state index in [2.05, 4.69) is 30.8 Å². The second kappa shape index (κ2) is 8.43. The monoisotopic (exact) mass is 383 g/mol. The molecule has 0 saturated heterocycles. The molecular weight excluding hydrogens is 366 g/mol. The molecule has 3 rings (SSSR count). The molecule has 0 bridgehead atoms. The van der Waals surface area contributed by atoms with Crippen molar-refractivity contribution in [1.82, 2.24) is 35.5 Å². The van der Waals surface area contributed by atoms with Crippen molar-refractivity contribution in [3.8, 4) is 6.01 Å². The van der Waals surface area contributed by atoms with Gasteiger partial charge in [-0.15, -0.1) is 5.10 Å². The molecule has 2 aromatic rings. The van der Waals surface area contributed by atoms with Crippen molar-refractivity contribution in [2.24, 2.45) is 7.05 Å². The first-order valence-electron chi connectivity index (χ1n) is 7.89. The fourth-order valence-electron chi connectivity index (χ4n) is 2.58. The van der Waals surface area contributed by atoms with Crippen molar-refractivity contribution in [3.63, 3.8) is 0 Å². The predicted octanol–water partition coefficient (Wildman–Crippen LogP) is 1.25. The predicted molar refractivity (Wildman–Crippen MR) is 91.4 cm³/mol. The summed E-state index contributed by atoms with van der Waals surface area (Å²) in [5.74, 6) is 0.280. The second-order valence-corrected chi connectivity index (χ2v) is 7.10. The summed E-state index contributed by atoms with van der Waals surface area (Å²) in [6.45, 7) is 0. The summed E-state index contributed by atoms with van der Waals surface area (Å²) in [5, 5.41) is 15.3. The third kappa shape index (κ3) is 5.27. The summed E-state index contributed by atoms with van der Waals surface area (Å²) in [7, 11) is 1.74. The molecule has 0 radical (unpaired) electrons. The minimum atomic E-state index is -0.0154. The Morgan fingerprint density at radius 3 is 2.72 bits per heavy atom. The number of hydrogen-bond acceptors (Lipinski definition) is 8. The van der Waals surface area contributed by atoms with Crippen LogP contribution in [0.2, 0.25) is 5.02 Å². The first kappa shape index (κ1) is 17.9. The minimum absolute atomic E-state index is 0.0154. The van der Waals surface area contributed by atoms with Crippen molar-refractivity contribution < 1.29 is 9.53 Å². The van der Waals surface area contributed by atoms with Gasteiger partial charge in [-0.3, -0.25) is 4.79 Å². The molecule has 1 aliphatic carbocycles. The molecule has 0 aromatic carbocycles. The number of amides is 1. The number of ether oxygens (including phenoxy) is 1. The van der Waals surface area contributed by atoms with Gasteiger partial charge in [-0.2, -0.15) is 0 Å². The maximum Gasteiger partial charge on any atom is 0.316 e. The maximum absolute atomic E-state index is 12.0. The van der Waals surface area contributed by atoms with Crippen LogP contribution in [0.15, 0.2) is 17.6 Å². The Balaban J connectivity index is 1.38. The van der Waals surface area contributed by atoms with E-state index in [4.69, 9.17) is 16.3 Å². The molecule has 0 atom stereocenters. The van der Waals surface area contributed by atoms with E-state index in [1.807, 2.05) is 0 Å². The lowest BCUT2D eigenvalue weighted by molar-refractivity contribution is -0.119. The minimum Gasteiger partial charge on any atom is -0.460 e. The molecule has 25 heavy (non-hydrogen) atoms. The van der Waals surface area contributed by atoms with Gasteiger partial charge in [0.15, 0.2) is 0 Å². The fourth-order valence-corrected chi connectivity index (χ4v) is 3.34. The van der Waals surface area contributed by atoms with E-state index in [1.54, 1.807) is 11.7 Å². The van der Waals surface area contributed by atoms with Gasteiger partial charge in [0.1, 0.15) is 6.10 Å². The summed E-state index contributed by atoms with van der Waals surface area (Å²) in [4.78, 5) is 20.1. The number of hydrogen-bond donors (Lipinski definition) is 1. The van der Waals surface area contributed by atoms with E-state index in [0.29, 0.717) is 21.9 Å². The summed E-state index contributed by atoms with van der Waals surface area (Å²) >= 11 is 7.07. The lowest BCUT2D eigenvalue weighted by Crippen LogP contribution is -2.40. The van der Waals surface area contributed by atoms with Gasteiger partial charge in [-0.05, 0) is 36.1 Å². The Hall–Kier alpha value is -1.94. The summed E-state index contributed by atoms with van der Waals surface area (Å²) in [6, 6.07) is 0.502. The summed E-state index contributed by atoms with van der Waals surface area (Å²) in [5.41, 5.74) is 0. The Morgan fingerprint density at radius 1 is 1.36 bits per heavy atom. The molecule has 9 nitrogen and oxygen atoms in total. The molecule has 1 N–H and O–H groups in total. The molecule has 0 unspecified atom stereocenters. The van der Waals surface area contributed by atoms with Gasteiger partial charge < -0.3 is 10.1 Å². The second-order valence-electron chi connectivity index (χ2n) is 5.72. The van der Waals surface area contributed by atoms with Gasteiger partial charge in [0.25, 0.3) is 0 Å². The van der Waals surface area contributed by atoms with E-state index in [-0.39, 0.29) is 18.1 Å². The number of carbonyl (C=O) groups is 1. The van der Waals surface area contributed by atoms with Crippen LogP contribution in [0.3, 0.4) is 0 Å². The number of carbonyl (C=O) groups excluding carboxylic acids is 1. The van der Waals surface area contributed by atoms with Crippen molar-refractivity contribution in [1.29, 1.82) is 0 Å². The first-order valence-corrected chi connectivity index (χ1v) is 9.25. The van der Waals surface area contributed by atoms with Crippen LogP contribution in [0.1, 0.15) is 25.7 Å². The molecule has 1 saturated carbocycles. The van der Waals surface area contributed by atoms with Crippen molar-refractivity contribution >= 4 is 29.3 Å². The van der Waals surface area contributed by atoms with E-state index in [0.717, 1.165) is 25.7 Å². The van der Waals surface area contributed by atoms with Gasteiger partial charge in [0, 0.05) is 13.1 Å². The van der Waals surface area contributed by atoms with Gasteiger partial charge >= 0.3 is 6.01 Å². The van der Waals surface area contributed by atoms with Crippen LogP contribution < -0.4 is 10.1 Å². The van der Waals surface area contributed by atoms with Gasteiger partial charge in [-0.25, -0.2) is 14.6 Å². The zero-order chi connectivity index (χ0) is 17.6. The van der Waals surface area contributed by atoms with Crippen molar-refractivity contribution in [2.75, 3.05) is 5.75 Å². The number of halogens is 1. The lowest BCUT2D eigenvalue weighted by Gasteiger charge is -2.28. The molecule has 1 fully saturated rings. The van der Waals surface area contributed by atoms with Gasteiger partial charge in [0.05, 0.1) is 23.2 Å². The van der Waals surface area contributed by atoms with Gasteiger partial charge in [-0.1, -0.05) is 23.4 Å². The molecule has 0 aliphatic heterocycles. The van der Waals surface area contributed by atoms with E-state index in [1.165, 1.54) is 24.2 Å². The molecule has 1 amide bonds. The van der Waals surface area contributed by atoms with Crippen molar-refractivity contribution in [3.05, 3.63) is 17.4 Å². The van der Waals surface area contributed by atoms with Crippen LogP contribution in [-0.4, -0.2) is 54.0 Å². The highest BCUT2D eigenvalue weighted by atomic mass is 35.5. The smallest absolute Gasteiger partial charge is 0.316 e. The van der Waals surface area contributed by atoms with Gasteiger partial charge in [0.2, 0.25) is 11.1 Å². The third-order valence-electron chi connectivity index (χ3n) is 3.82. The molecular formula is C14H18ClN7O2S. The fraction of sp³-hybridized carbons (Fsp3) is 0.571. The average molecular weight is 384 g/mol. The molecule has 2 aromatic heterocycles. The zero-order valence-electron chi connectivity index (χ0n) is 13.6. The highest BCUT2D eigenvalue weighted by molar-refractivity contribution is 7.99. The van der Waals surface area contributed by atoms with E-state index < -0.39 is 0 Å². The Bertz CT molecular complexity index is 703. The number of rotatable bonds is 6. The third-order valence-corrected chi connectivity index (χ3v) is 5.03. The Labute approximate surface area is 153 Å². The highest BCUT2D eigenvalue weighted by Crippen LogP contribution is 2.22.